The van der Waals surface area contributed by atoms with E-state index in [-0.39, 0.29) is 5.91 Å². The number of aromatic nitrogens is 2. The first-order valence-electron chi connectivity index (χ1n) is 10.4. The predicted octanol–water partition coefficient (Wildman–Crippen LogP) is 3.66. The molecule has 1 aliphatic heterocycles. The third kappa shape index (κ3) is 4.15. The Hall–Kier alpha value is -3.35. The van der Waals surface area contributed by atoms with Crippen LogP contribution < -0.4 is 9.64 Å². The highest BCUT2D eigenvalue weighted by Gasteiger charge is 2.24. The first-order valence-corrected chi connectivity index (χ1v) is 10.4. The predicted molar refractivity (Wildman–Crippen MR) is 115 cm³/mol. The van der Waals surface area contributed by atoms with E-state index in [2.05, 4.69) is 27.2 Å². The number of benzene rings is 2. The van der Waals surface area contributed by atoms with Gasteiger partial charge in [0.25, 0.3) is 5.91 Å². The highest BCUT2D eigenvalue weighted by atomic mass is 16.5. The number of para-hydroxylation sites is 1. The Kier molecular flexibility index (Phi) is 5.97. The number of ether oxygens (including phenoxy) is 1. The highest BCUT2D eigenvalue weighted by Crippen LogP contribution is 2.24. The number of piperazine rings is 1. The monoisotopic (exact) mass is 406 g/mol. The second-order valence-electron chi connectivity index (χ2n) is 7.12. The van der Waals surface area contributed by atoms with Crippen molar-refractivity contribution in [2.45, 2.75) is 20.3 Å². The van der Waals surface area contributed by atoms with Crippen molar-refractivity contribution < 1.29 is 14.1 Å². The van der Waals surface area contributed by atoms with Crippen LogP contribution >= 0.6 is 0 Å². The normalized spacial score (nSPS) is 14.1. The summed E-state index contributed by atoms with van der Waals surface area (Å²) in [5, 5.41) is 4.02. The van der Waals surface area contributed by atoms with Crippen LogP contribution in [-0.2, 0) is 6.42 Å². The lowest BCUT2D eigenvalue weighted by molar-refractivity contribution is 0.0742. The topological polar surface area (TPSA) is 71.7 Å². The summed E-state index contributed by atoms with van der Waals surface area (Å²) in [5.74, 6) is 1.93. The van der Waals surface area contributed by atoms with E-state index in [0.29, 0.717) is 42.7 Å². The molecule has 2 aromatic carbocycles. The average molecular weight is 406 g/mol. The van der Waals surface area contributed by atoms with Gasteiger partial charge in [0.15, 0.2) is 0 Å². The van der Waals surface area contributed by atoms with Crippen molar-refractivity contribution in [3.05, 3.63) is 60.0 Å². The summed E-state index contributed by atoms with van der Waals surface area (Å²) >= 11 is 0. The zero-order chi connectivity index (χ0) is 20.9. The summed E-state index contributed by atoms with van der Waals surface area (Å²) in [7, 11) is 0. The van der Waals surface area contributed by atoms with Gasteiger partial charge in [-0.3, -0.25) is 4.79 Å². The molecule has 0 atom stereocenters. The molecule has 2 heterocycles. The first kappa shape index (κ1) is 19.9. The lowest BCUT2D eigenvalue weighted by Crippen LogP contribution is -2.48. The standard InChI is InChI=1S/C23H26N4O3/c1-3-21-24-22(25-30-21)17-9-11-18(12-10-17)26-13-15-27(16-14-26)23(28)19-7-5-6-8-20(19)29-4-2/h5-12H,3-4,13-16H2,1-2H3. The largest absolute Gasteiger partial charge is 0.493 e. The Morgan fingerprint density at radius 1 is 1.03 bits per heavy atom. The van der Waals surface area contributed by atoms with Crippen molar-refractivity contribution in [1.82, 2.24) is 15.0 Å². The molecule has 0 aliphatic carbocycles. The maximum absolute atomic E-state index is 13.0. The van der Waals surface area contributed by atoms with Gasteiger partial charge in [-0.05, 0) is 43.3 Å². The molecule has 1 fully saturated rings. The van der Waals surface area contributed by atoms with E-state index < -0.39 is 0 Å². The Morgan fingerprint density at radius 2 is 1.77 bits per heavy atom. The summed E-state index contributed by atoms with van der Waals surface area (Å²) in [5.41, 5.74) is 2.69. The SMILES string of the molecule is CCOc1ccccc1C(=O)N1CCN(c2ccc(-c3noc(CC)n3)cc2)CC1. The van der Waals surface area contributed by atoms with Gasteiger partial charge < -0.3 is 19.1 Å². The van der Waals surface area contributed by atoms with Crippen molar-refractivity contribution >= 4 is 11.6 Å². The summed E-state index contributed by atoms with van der Waals surface area (Å²) in [6.45, 7) is 7.36. The zero-order valence-corrected chi connectivity index (χ0v) is 17.4. The van der Waals surface area contributed by atoms with E-state index in [1.54, 1.807) is 0 Å². The first-order chi connectivity index (χ1) is 14.7. The van der Waals surface area contributed by atoms with Crippen LogP contribution in [0.15, 0.2) is 53.1 Å². The van der Waals surface area contributed by atoms with E-state index in [4.69, 9.17) is 9.26 Å². The van der Waals surface area contributed by atoms with Gasteiger partial charge in [0.1, 0.15) is 5.75 Å². The third-order valence-electron chi connectivity index (χ3n) is 5.25. The Labute approximate surface area is 176 Å². The summed E-state index contributed by atoms with van der Waals surface area (Å²) < 4.78 is 10.8. The quantitative estimate of drug-likeness (QED) is 0.622. The maximum atomic E-state index is 13.0. The van der Waals surface area contributed by atoms with Crippen molar-refractivity contribution in [2.75, 3.05) is 37.7 Å². The van der Waals surface area contributed by atoms with E-state index >= 15 is 0 Å². The van der Waals surface area contributed by atoms with Gasteiger partial charge >= 0.3 is 0 Å². The summed E-state index contributed by atoms with van der Waals surface area (Å²) in [4.78, 5) is 21.5. The number of aryl methyl sites for hydroxylation is 1. The van der Waals surface area contributed by atoms with E-state index in [1.165, 1.54) is 0 Å². The summed E-state index contributed by atoms with van der Waals surface area (Å²) in [6.07, 6.45) is 0.725. The molecule has 0 N–H and O–H groups in total. The van der Waals surface area contributed by atoms with Crippen molar-refractivity contribution in [3.8, 4) is 17.1 Å². The number of anilines is 1. The molecule has 0 saturated carbocycles. The van der Waals surface area contributed by atoms with Gasteiger partial charge in [0.05, 0.1) is 12.2 Å². The van der Waals surface area contributed by atoms with Gasteiger partial charge in [-0.15, -0.1) is 0 Å². The minimum Gasteiger partial charge on any atom is -0.493 e. The van der Waals surface area contributed by atoms with E-state index in [0.717, 1.165) is 30.8 Å². The number of amides is 1. The number of hydrogen-bond acceptors (Lipinski definition) is 6. The molecule has 156 valence electrons. The molecule has 0 radical (unpaired) electrons. The van der Waals surface area contributed by atoms with Crippen LogP contribution in [0.1, 0.15) is 30.1 Å². The molecule has 0 unspecified atom stereocenters. The zero-order valence-electron chi connectivity index (χ0n) is 17.4. The lowest BCUT2D eigenvalue weighted by atomic mass is 10.1. The molecule has 1 saturated heterocycles. The number of carbonyl (C=O) groups is 1. The number of nitrogens with zero attached hydrogens (tertiary/aromatic N) is 4. The van der Waals surface area contributed by atoms with Crippen LogP contribution in [0.4, 0.5) is 5.69 Å². The number of hydrogen-bond donors (Lipinski definition) is 0. The maximum Gasteiger partial charge on any atom is 0.257 e. The lowest BCUT2D eigenvalue weighted by Gasteiger charge is -2.36. The average Bonchev–Trinajstić information content (AvgIpc) is 3.29. The van der Waals surface area contributed by atoms with Gasteiger partial charge in [0.2, 0.25) is 11.7 Å². The number of rotatable bonds is 6. The second kappa shape index (κ2) is 8.98. The van der Waals surface area contributed by atoms with Crippen LogP contribution in [0.2, 0.25) is 0 Å². The van der Waals surface area contributed by atoms with Crippen LogP contribution in [0.25, 0.3) is 11.4 Å². The molecule has 0 bridgehead atoms. The second-order valence-corrected chi connectivity index (χ2v) is 7.12. The molecule has 4 rings (SSSR count). The molecule has 1 aliphatic rings. The van der Waals surface area contributed by atoms with Crippen LogP contribution in [0.5, 0.6) is 5.75 Å². The van der Waals surface area contributed by atoms with E-state index in [1.807, 2.05) is 55.1 Å². The van der Waals surface area contributed by atoms with Crippen LogP contribution in [0, 0.1) is 0 Å². The molecular formula is C23H26N4O3. The van der Waals surface area contributed by atoms with Gasteiger partial charge in [-0.25, -0.2) is 0 Å². The molecule has 1 amide bonds. The van der Waals surface area contributed by atoms with Crippen LogP contribution in [-0.4, -0.2) is 53.7 Å². The van der Waals surface area contributed by atoms with Crippen LogP contribution in [0.3, 0.4) is 0 Å². The van der Waals surface area contributed by atoms with Gasteiger partial charge in [-0.1, -0.05) is 24.2 Å². The molecule has 3 aromatic rings. The van der Waals surface area contributed by atoms with Crippen molar-refractivity contribution in [2.24, 2.45) is 0 Å². The number of carbonyl (C=O) groups excluding carboxylic acids is 1. The van der Waals surface area contributed by atoms with Gasteiger partial charge in [-0.2, -0.15) is 4.98 Å². The molecule has 1 aromatic heterocycles. The molecular weight excluding hydrogens is 380 g/mol. The van der Waals surface area contributed by atoms with Crippen molar-refractivity contribution in [1.29, 1.82) is 0 Å². The summed E-state index contributed by atoms with van der Waals surface area (Å²) in [6, 6.07) is 15.6. The smallest absolute Gasteiger partial charge is 0.257 e. The van der Waals surface area contributed by atoms with Gasteiger partial charge in [0, 0.05) is 43.9 Å². The minimum atomic E-state index is 0.0258. The van der Waals surface area contributed by atoms with E-state index in [9.17, 15) is 4.79 Å². The molecule has 0 spiro atoms. The fourth-order valence-electron chi connectivity index (χ4n) is 3.60. The molecule has 7 nitrogen and oxygen atoms in total. The Balaban J connectivity index is 1.39. The minimum absolute atomic E-state index is 0.0258. The highest BCUT2D eigenvalue weighted by molar-refractivity contribution is 5.97. The molecule has 7 heteroatoms. The van der Waals surface area contributed by atoms with Crippen molar-refractivity contribution in [3.63, 3.8) is 0 Å². The molecule has 30 heavy (non-hydrogen) atoms. The third-order valence-corrected chi connectivity index (χ3v) is 5.25. The fraction of sp³-hybridized carbons (Fsp3) is 0.348. The fourth-order valence-corrected chi connectivity index (χ4v) is 3.60. The Bertz CT molecular complexity index is 992. The Morgan fingerprint density at radius 3 is 2.43 bits per heavy atom.